The standard InChI is InChI=1S/C15H11FN2O3S2/c16-9-3-1-8(2-4-9)10(19)5-6-22-15-18-14-13(23-15)11(20)7-12(21)17-14/h1-4,7H,5-6H2,(H2,17,20,21). The lowest BCUT2D eigenvalue weighted by molar-refractivity contribution is 0.0989. The van der Waals surface area contributed by atoms with Gasteiger partial charge in [-0.1, -0.05) is 11.8 Å². The number of carbonyl (C=O) groups excluding carboxylic acids is 1. The summed E-state index contributed by atoms with van der Waals surface area (Å²) in [5.41, 5.74) is 0.397. The Morgan fingerprint density at radius 3 is 2.83 bits per heavy atom. The minimum absolute atomic E-state index is 0.0742. The molecule has 0 amide bonds. The highest BCUT2D eigenvalue weighted by atomic mass is 32.2. The first-order valence-corrected chi connectivity index (χ1v) is 8.47. The molecule has 0 saturated carbocycles. The van der Waals surface area contributed by atoms with Crippen LogP contribution in [-0.2, 0) is 0 Å². The second-order valence-electron chi connectivity index (χ2n) is 4.70. The van der Waals surface area contributed by atoms with Gasteiger partial charge < -0.3 is 10.1 Å². The molecule has 1 aromatic carbocycles. The lowest BCUT2D eigenvalue weighted by Crippen LogP contribution is -2.02. The second-order valence-corrected chi connectivity index (χ2v) is 7.05. The van der Waals surface area contributed by atoms with E-state index in [1.54, 1.807) is 0 Å². The average molecular weight is 350 g/mol. The molecule has 0 unspecified atom stereocenters. The molecule has 2 N–H and O–H groups in total. The molecular weight excluding hydrogens is 339 g/mol. The molecule has 118 valence electrons. The summed E-state index contributed by atoms with van der Waals surface area (Å²) in [5.74, 6) is -0.0503. The number of carbonyl (C=O) groups is 1. The maximum atomic E-state index is 12.8. The highest BCUT2D eigenvalue weighted by molar-refractivity contribution is 8.01. The van der Waals surface area contributed by atoms with Crippen molar-refractivity contribution < 1.29 is 14.3 Å². The van der Waals surface area contributed by atoms with E-state index in [9.17, 15) is 19.1 Å². The van der Waals surface area contributed by atoms with Gasteiger partial charge in [-0.2, -0.15) is 0 Å². The van der Waals surface area contributed by atoms with E-state index in [0.29, 0.717) is 26.0 Å². The lowest BCUT2D eigenvalue weighted by atomic mass is 10.1. The molecule has 0 atom stereocenters. The lowest BCUT2D eigenvalue weighted by Gasteiger charge is -1.99. The van der Waals surface area contributed by atoms with Crippen LogP contribution in [0.3, 0.4) is 0 Å². The quantitative estimate of drug-likeness (QED) is 0.545. The Balaban J connectivity index is 1.64. The van der Waals surface area contributed by atoms with Crippen molar-refractivity contribution >= 4 is 39.2 Å². The third kappa shape index (κ3) is 3.59. The number of H-pyrrole nitrogens is 1. The molecule has 0 aliphatic heterocycles. The number of pyridine rings is 1. The number of halogens is 1. The summed E-state index contributed by atoms with van der Waals surface area (Å²) in [4.78, 5) is 30.0. The molecule has 0 saturated heterocycles. The van der Waals surface area contributed by atoms with E-state index in [0.717, 1.165) is 6.07 Å². The fourth-order valence-electron chi connectivity index (χ4n) is 1.97. The first-order valence-electron chi connectivity index (χ1n) is 6.67. The van der Waals surface area contributed by atoms with E-state index in [1.165, 1.54) is 47.4 Å². The number of fused-ring (bicyclic) bond motifs is 1. The fourth-order valence-corrected chi connectivity index (χ4v) is 4.00. The number of hydrogen-bond donors (Lipinski definition) is 2. The van der Waals surface area contributed by atoms with Gasteiger partial charge in [0.2, 0.25) is 0 Å². The van der Waals surface area contributed by atoms with Gasteiger partial charge in [-0.15, -0.1) is 11.3 Å². The number of rotatable bonds is 5. The number of aromatic amines is 1. The molecule has 3 aromatic rings. The van der Waals surface area contributed by atoms with Crippen molar-refractivity contribution in [2.75, 3.05) is 5.75 Å². The van der Waals surface area contributed by atoms with E-state index in [1.807, 2.05) is 0 Å². The maximum Gasteiger partial charge on any atom is 0.253 e. The highest BCUT2D eigenvalue weighted by Crippen LogP contribution is 2.33. The summed E-state index contributed by atoms with van der Waals surface area (Å²) in [6, 6.07) is 6.54. The van der Waals surface area contributed by atoms with Crippen molar-refractivity contribution in [3.05, 3.63) is 52.1 Å². The Labute approximate surface area is 138 Å². The van der Waals surface area contributed by atoms with Crippen LogP contribution in [0.4, 0.5) is 4.39 Å². The van der Waals surface area contributed by atoms with Crippen LogP contribution in [0.25, 0.3) is 10.3 Å². The summed E-state index contributed by atoms with van der Waals surface area (Å²) < 4.78 is 14.0. The topological polar surface area (TPSA) is 83.0 Å². The van der Waals surface area contributed by atoms with Crippen molar-refractivity contribution in [1.82, 2.24) is 9.97 Å². The fraction of sp³-hybridized carbons (Fsp3) is 0.133. The average Bonchev–Trinajstić information content (AvgIpc) is 2.91. The van der Waals surface area contributed by atoms with Crippen molar-refractivity contribution in [2.24, 2.45) is 0 Å². The summed E-state index contributed by atoms with van der Waals surface area (Å²) in [6.07, 6.45) is 0.286. The number of nitrogens with zero attached hydrogens (tertiary/aromatic N) is 1. The van der Waals surface area contributed by atoms with Crippen LogP contribution in [0.2, 0.25) is 0 Å². The number of thioether (sulfide) groups is 1. The van der Waals surface area contributed by atoms with Gasteiger partial charge >= 0.3 is 0 Å². The minimum Gasteiger partial charge on any atom is -0.506 e. The summed E-state index contributed by atoms with van der Waals surface area (Å²) in [6.45, 7) is 0. The smallest absolute Gasteiger partial charge is 0.253 e. The molecule has 8 heteroatoms. The van der Waals surface area contributed by atoms with Crippen LogP contribution in [0.5, 0.6) is 5.75 Å². The van der Waals surface area contributed by atoms with Crippen molar-refractivity contribution in [2.45, 2.75) is 10.8 Å². The monoisotopic (exact) mass is 350 g/mol. The minimum atomic E-state index is -0.414. The number of aromatic hydroxyl groups is 1. The van der Waals surface area contributed by atoms with E-state index in [2.05, 4.69) is 9.97 Å². The van der Waals surface area contributed by atoms with E-state index < -0.39 is 5.56 Å². The first-order chi connectivity index (χ1) is 11.0. The number of ketones is 1. The number of benzene rings is 1. The van der Waals surface area contributed by atoms with Gasteiger partial charge in [-0.05, 0) is 24.3 Å². The van der Waals surface area contributed by atoms with Gasteiger partial charge in [-0.3, -0.25) is 9.59 Å². The van der Waals surface area contributed by atoms with Gasteiger partial charge in [0, 0.05) is 23.8 Å². The second kappa shape index (κ2) is 6.51. The predicted molar refractivity (Wildman–Crippen MR) is 88.0 cm³/mol. The summed E-state index contributed by atoms with van der Waals surface area (Å²) in [7, 11) is 0. The van der Waals surface area contributed by atoms with Crippen LogP contribution in [0.15, 0.2) is 39.5 Å². The van der Waals surface area contributed by atoms with Gasteiger partial charge in [0.15, 0.2) is 15.8 Å². The Morgan fingerprint density at radius 2 is 2.09 bits per heavy atom. The van der Waals surface area contributed by atoms with Crippen molar-refractivity contribution in [3.63, 3.8) is 0 Å². The number of aromatic nitrogens is 2. The van der Waals surface area contributed by atoms with Gasteiger partial charge in [0.25, 0.3) is 5.56 Å². The van der Waals surface area contributed by atoms with Crippen LogP contribution in [-0.4, -0.2) is 26.6 Å². The molecule has 0 radical (unpaired) electrons. The SMILES string of the molecule is O=C(CCSc1nc2[nH]c(=O)cc(O)c2s1)c1ccc(F)cc1. The number of Topliss-reactive ketones (excluding diaryl/α,β-unsaturated/α-hetero) is 1. The number of thiazole rings is 1. The zero-order valence-electron chi connectivity index (χ0n) is 11.7. The Hall–Kier alpha value is -2.19. The molecule has 23 heavy (non-hydrogen) atoms. The van der Waals surface area contributed by atoms with Crippen LogP contribution in [0.1, 0.15) is 16.8 Å². The number of nitrogens with one attached hydrogen (secondary N) is 1. The normalized spacial score (nSPS) is 11.0. The largest absolute Gasteiger partial charge is 0.506 e. The summed E-state index contributed by atoms with van der Waals surface area (Å²) >= 11 is 2.62. The molecule has 0 spiro atoms. The van der Waals surface area contributed by atoms with Gasteiger partial charge in [-0.25, -0.2) is 9.37 Å². The molecule has 0 fully saturated rings. The molecule has 5 nitrogen and oxygen atoms in total. The van der Waals surface area contributed by atoms with Crippen LogP contribution < -0.4 is 5.56 Å². The van der Waals surface area contributed by atoms with Crippen molar-refractivity contribution in [3.8, 4) is 5.75 Å². The summed E-state index contributed by atoms with van der Waals surface area (Å²) in [5, 5.41) is 9.71. The first kappa shape index (κ1) is 15.7. The number of hydrogen-bond acceptors (Lipinski definition) is 6. The molecule has 0 aliphatic carbocycles. The third-order valence-electron chi connectivity index (χ3n) is 3.07. The van der Waals surface area contributed by atoms with Gasteiger partial charge in [0.1, 0.15) is 16.3 Å². The third-order valence-corrected chi connectivity index (χ3v) is 5.29. The zero-order chi connectivity index (χ0) is 16.4. The zero-order valence-corrected chi connectivity index (χ0v) is 13.3. The Kier molecular flexibility index (Phi) is 4.44. The molecule has 0 aliphatic rings. The van der Waals surface area contributed by atoms with E-state index in [-0.39, 0.29) is 23.8 Å². The molecule has 2 heterocycles. The molecule has 2 aromatic heterocycles. The van der Waals surface area contributed by atoms with Gasteiger partial charge in [0.05, 0.1) is 0 Å². The van der Waals surface area contributed by atoms with E-state index >= 15 is 0 Å². The van der Waals surface area contributed by atoms with Crippen LogP contribution >= 0.6 is 23.1 Å². The highest BCUT2D eigenvalue weighted by Gasteiger charge is 2.11. The Morgan fingerprint density at radius 1 is 1.35 bits per heavy atom. The van der Waals surface area contributed by atoms with Crippen molar-refractivity contribution in [1.29, 1.82) is 0 Å². The van der Waals surface area contributed by atoms with Crippen LogP contribution in [0, 0.1) is 5.82 Å². The molecule has 0 bridgehead atoms. The Bertz CT molecular complexity index is 919. The molecule has 3 rings (SSSR count). The predicted octanol–water partition coefficient (Wildman–Crippen LogP) is 3.19. The molecular formula is C15H11FN2O3S2. The maximum absolute atomic E-state index is 12.8. The van der Waals surface area contributed by atoms with E-state index in [4.69, 9.17) is 0 Å².